The number of carbonyl (C=O) groups is 2. The first kappa shape index (κ1) is 16.3. The first-order valence-electron chi connectivity index (χ1n) is 8.20. The normalized spacial score (nSPS) is 26.2. The Labute approximate surface area is 127 Å². The number of carboxylic acid groups (broad SMARTS) is 1. The number of nitrogens with one attached hydrogen (secondary N) is 1. The minimum Gasteiger partial charge on any atom is -0.481 e. The van der Waals surface area contributed by atoms with Crippen LogP contribution in [0.1, 0.15) is 51.4 Å². The Morgan fingerprint density at radius 3 is 2.57 bits per heavy atom. The molecule has 1 atom stereocenters. The molecule has 21 heavy (non-hydrogen) atoms. The first-order chi connectivity index (χ1) is 10.0. The second-order valence-electron chi connectivity index (χ2n) is 6.90. The van der Waals surface area contributed by atoms with Crippen LogP contribution in [0.4, 0.5) is 0 Å². The highest BCUT2D eigenvalue weighted by Gasteiger charge is 2.41. The maximum Gasteiger partial charge on any atom is 0.310 e. The van der Waals surface area contributed by atoms with Gasteiger partial charge in [0.1, 0.15) is 0 Å². The van der Waals surface area contributed by atoms with Crippen LogP contribution in [0.15, 0.2) is 0 Å². The van der Waals surface area contributed by atoms with Crippen molar-refractivity contribution in [2.24, 2.45) is 11.3 Å². The van der Waals surface area contributed by atoms with Crippen LogP contribution < -0.4 is 5.32 Å². The Balaban J connectivity index is 1.81. The van der Waals surface area contributed by atoms with Crippen molar-refractivity contribution in [3.05, 3.63) is 0 Å². The van der Waals surface area contributed by atoms with Crippen molar-refractivity contribution in [1.29, 1.82) is 0 Å². The van der Waals surface area contributed by atoms with E-state index >= 15 is 0 Å². The summed E-state index contributed by atoms with van der Waals surface area (Å²) in [7, 11) is 2.11. The zero-order chi connectivity index (χ0) is 15.3. The molecule has 2 rings (SSSR count). The summed E-state index contributed by atoms with van der Waals surface area (Å²) >= 11 is 0. The van der Waals surface area contributed by atoms with Crippen molar-refractivity contribution < 1.29 is 14.7 Å². The number of hydrogen-bond donors (Lipinski definition) is 2. The van der Waals surface area contributed by atoms with Crippen molar-refractivity contribution in [3.8, 4) is 0 Å². The predicted octanol–water partition coefficient (Wildman–Crippen LogP) is 1.87. The highest BCUT2D eigenvalue weighted by Crippen LogP contribution is 2.39. The fraction of sp³-hybridized carbons (Fsp3) is 0.875. The highest BCUT2D eigenvalue weighted by molar-refractivity contribution is 5.85. The lowest BCUT2D eigenvalue weighted by Gasteiger charge is -2.33. The number of amides is 1. The van der Waals surface area contributed by atoms with E-state index in [1.807, 2.05) is 0 Å². The summed E-state index contributed by atoms with van der Waals surface area (Å²) in [4.78, 5) is 26.0. The molecule has 0 bridgehead atoms. The third-order valence-corrected chi connectivity index (χ3v) is 5.07. The Morgan fingerprint density at radius 1 is 1.24 bits per heavy atom. The molecule has 0 radical (unpaired) electrons. The number of carboxylic acids is 1. The molecule has 1 saturated heterocycles. The topological polar surface area (TPSA) is 69.6 Å². The molecule has 0 aromatic rings. The van der Waals surface area contributed by atoms with Gasteiger partial charge in [0.05, 0.1) is 5.41 Å². The van der Waals surface area contributed by atoms with Crippen LogP contribution in [0.5, 0.6) is 0 Å². The summed E-state index contributed by atoms with van der Waals surface area (Å²) in [6.07, 6.45) is 6.69. The fourth-order valence-corrected chi connectivity index (χ4v) is 3.76. The molecule has 120 valence electrons. The van der Waals surface area contributed by atoms with Crippen LogP contribution in [-0.2, 0) is 9.59 Å². The molecule has 2 N–H and O–H groups in total. The number of nitrogens with zero attached hydrogens (tertiary/aromatic N) is 1. The molecule has 0 aromatic carbocycles. The van der Waals surface area contributed by atoms with Crippen LogP contribution in [0.2, 0.25) is 0 Å². The lowest BCUT2D eigenvalue weighted by atomic mass is 9.71. The average molecular weight is 296 g/mol. The maximum absolute atomic E-state index is 12.2. The Morgan fingerprint density at radius 2 is 1.95 bits per heavy atom. The number of likely N-dealkylation sites (tertiary alicyclic amines) is 1. The first-order valence-corrected chi connectivity index (χ1v) is 8.20. The molecule has 2 fully saturated rings. The van der Waals surface area contributed by atoms with Crippen LogP contribution in [0, 0.1) is 11.3 Å². The van der Waals surface area contributed by atoms with Crippen LogP contribution in [0.3, 0.4) is 0 Å². The van der Waals surface area contributed by atoms with Crippen molar-refractivity contribution in [3.63, 3.8) is 0 Å². The van der Waals surface area contributed by atoms with E-state index in [1.165, 1.54) is 6.42 Å². The van der Waals surface area contributed by atoms with Crippen molar-refractivity contribution in [1.82, 2.24) is 10.2 Å². The molecular weight excluding hydrogens is 268 g/mol. The zero-order valence-corrected chi connectivity index (χ0v) is 13.1. The molecule has 1 saturated carbocycles. The average Bonchev–Trinajstić information content (AvgIpc) is 2.46. The quantitative estimate of drug-likeness (QED) is 0.812. The maximum atomic E-state index is 12.2. The standard InChI is InChI=1S/C16H28N2O3/c1-18-9-5-6-13(12-18)11-17-14(19)10-16(15(20)21)7-3-2-4-8-16/h13H,2-12H2,1H3,(H,17,19)(H,20,21). The fourth-order valence-electron chi connectivity index (χ4n) is 3.76. The molecule has 1 amide bonds. The van der Waals surface area contributed by atoms with Gasteiger partial charge in [-0.3, -0.25) is 9.59 Å². The molecule has 2 aliphatic rings. The van der Waals surface area contributed by atoms with E-state index in [1.54, 1.807) is 0 Å². The third-order valence-electron chi connectivity index (χ3n) is 5.07. The van der Waals surface area contributed by atoms with E-state index in [4.69, 9.17) is 0 Å². The Bertz CT molecular complexity index is 378. The molecule has 1 aliphatic carbocycles. The van der Waals surface area contributed by atoms with E-state index in [-0.39, 0.29) is 12.3 Å². The lowest BCUT2D eigenvalue weighted by molar-refractivity contribution is -0.154. The molecule has 1 aliphatic heterocycles. The smallest absolute Gasteiger partial charge is 0.310 e. The molecule has 5 nitrogen and oxygen atoms in total. The van der Waals surface area contributed by atoms with Gasteiger partial charge in [0.15, 0.2) is 0 Å². The lowest BCUT2D eigenvalue weighted by Crippen LogP contribution is -2.42. The highest BCUT2D eigenvalue weighted by atomic mass is 16.4. The van der Waals surface area contributed by atoms with Crippen molar-refractivity contribution in [2.45, 2.75) is 51.4 Å². The molecule has 1 unspecified atom stereocenters. The Hall–Kier alpha value is -1.10. The van der Waals surface area contributed by atoms with Gasteiger partial charge in [-0.2, -0.15) is 0 Å². The summed E-state index contributed by atoms with van der Waals surface area (Å²) in [5, 5.41) is 12.5. The van der Waals surface area contributed by atoms with Gasteiger partial charge < -0.3 is 15.3 Å². The van der Waals surface area contributed by atoms with Crippen LogP contribution in [0.25, 0.3) is 0 Å². The Kier molecular flexibility index (Phi) is 5.62. The third kappa shape index (κ3) is 4.43. The minimum absolute atomic E-state index is 0.0903. The monoisotopic (exact) mass is 296 g/mol. The van der Waals surface area contributed by atoms with E-state index < -0.39 is 11.4 Å². The SMILES string of the molecule is CN1CCCC(CNC(=O)CC2(C(=O)O)CCCCC2)C1. The molecule has 0 aromatic heterocycles. The van der Waals surface area contributed by atoms with Crippen LogP contribution >= 0.6 is 0 Å². The second kappa shape index (κ2) is 7.25. The van der Waals surface area contributed by atoms with Gasteiger partial charge in [0, 0.05) is 19.5 Å². The van der Waals surface area contributed by atoms with Gasteiger partial charge in [0.25, 0.3) is 0 Å². The number of rotatable bonds is 5. The molecule has 5 heteroatoms. The van der Waals surface area contributed by atoms with Gasteiger partial charge in [-0.05, 0) is 45.2 Å². The van der Waals surface area contributed by atoms with Gasteiger partial charge in [-0.25, -0.2) is 0 Å². The minimum atomic E-state index is -0.814. The van der Waals surface area contributed by atoms with Gasteiger partial charge in [0.2, 0.25) is 5.91 Å². The summed E-state index contributed by atoms with van der Waals surface area (Å²) in [5.41, 5.74) is -0.814. The number of aliphatic carboxylic acids is 1. The number of piperidine rings is 1. The summed E-state index contributed by atoms with van der Waals surface area (Å²) < 4.78 is 0. The van der Waals surface area contributed by atoms with E-state index in [0.717, 1.165) is 38.8 Å². The second-order valence-corrected chi connectivity index (χ2v) is 6.90. The van der Waals surface area contributed by atoms with Gasteiger partial charge >= 0.3 is 5.97 Å². The molecular formula is C16H28N2O3. The van der Waals surface area contributed by atoms with E-state index in [9.17, 15) is 14.7 Å². The predicted molar refractivity (Wildman–Crippen MR) is 81.0 cm³/mol. The molecule has 1 heterocycles. The molecule has 0 spiro atoms. The summed E-state index contributed by atoms with van der Waals surface area (Å²) in [5.74, 6) is -0.387. The van der Waals surface area contributed by atoms with Crippen LogP contribution in [-0.4, -0.2) is 48.6 Å². The summed E-state index contributed by atoms with van der Waals surface area (Å²) in [6, 6.07) is 0. The van der Waals surface area contributed by atoms with Crippen molar-refractivity contribution in [2.75, 3.05) is 26.7 Å². The zero-order valence-electron chi connectivity index (χ0n) is 13.1. The largest absolute Gasteiger partial charge is 0.481 e. The van der Waals surface area contributed by atoms with Gasteiger partial charge in [-0.15, -0.1) is 0 Å². The van der Waals surface area contributed by atoms with Crippen molar-refractivity contribution >= 4 is 11.9 Å². The number of carbonyl (C=O) groups excluding carboxylic acids is 1. The summed E-state index contributed by atoms with van der Waals surface area (Å²) in [6.45, 7) is 2.83. The number of hydrogen-bond acceptors (Lipinski definition) is 3. The van der Waals surface area contributed by atoms with E-state index in [2.05, 4.69) is 17.3 Å². The van der Waals surface area contributed by atoms with Gasteiger partial charge in [-0.1, -0.05) is 19.3 Å². The van der Waals surface area contributed by atoms with E-state index in [0.29, 0.717) is 25.3 Å².